The molecule has 1 atom stereocenters. The average Bonchev–Trinajstić information content (AvgIpc) is 2.77. The van der Waals surface area contributed by atoms with Gasteiger partial charge in [-0.2, -0.15) is 0 Å². The Labute approximate surface area is 118 Å². The molecule has 0 fully saturated rings. The van der Waals surface area contributed by atoms with E-state index >= 15 is 0 Å². The van der Waals surface area contributed by atoms with Crippen molar-refractivity contribution in [2.45, 2.75) is 26.8 Å². The lowest BCUT2D eigenvalue weighted by Crippen LogP contribution is -2.20. The lowest BCUT2D eigenvalue weighted by atomic mass is 10.0. The number of nitrogens with one attached hydrogen (secondary N) is 1. The molecule has 0 bridgehead atoms. The van der Waals surface area contributed by atoms with Crippen LogP contribution in [0.4, 0.5) is 4.39 Å². The number of hydrogen-bond acceptors (Lipinski definition) is 2. The molecule has 0 amide bonds. The molecule has 3 heteroatoms. The van der Waals surface area contributed by atoms with Crippen molar-refractivity contribution in [3.8, 4) is 10.4 Å². The number of rotatable bonds is 4. The van der Waals surface area contributed by atoms with E-state index in [1.807, 2.05) is 20.0 Å². The van der Waals surface area contributed by atoms with Crippen molar-refractivity contribution in [2.24, 2.45) is 5.92 Å². The summed E-state index contributed by atoms with van der Waals surface area (Å²) in [6.07, 6.45) is 0. The van der Waals surface area contributed by atoms with Crippen molar-refractivity contribution in [1.82, 2.24) is 5.32 Å². The van der Waals surface area contributed by atoms with E-state index in [1.54, 1.807) is 23.5 Å². The lowest BCUT2D eigenvalue weighted by molar-refractivity contribution is 0.449. The first-order valence-corrected chi connectivity index (χ1v) is 7.37. The number of aryl methyl sites for hydroxylation is 1. The van der Waals surface area contributed by atoms with Crippen molar-refractivity contribution < 1.29 is 4.39 Å². The number of thiophene rings is 1. The Morgan fingerprint density at radius 2 is 1.89 bits per heavy atom. The number of benzene rings is 1. The SMILES string of the molecule is CNC(c1ccc(-c2cc(C)cc(F)c2)s1)C(C)C. The molecule has 0 saturated carbocycles. The fourth-order valence-electron chi connectivity index (χ4n) is 2.36. The van der Waals surface area contributed by atoms with Gasteiger partial charge in [0.05, 0.1) is 0 Å². The monoisotopic (exact) mass is 277 g/mol. The highest BCUT2D eigenvalue weighted by molar-refractivity contribution is 7.15. The topological polar surface area (TPSA) is 12.0 Å². The molecule has 2 aromatic rings. The Bertz CT molecular complexity index is 539. The molecular weight excluding hydrogens is 257 g/mol. The van der Waals surface area contributed by atoms with Gasteiger partial charge in [0.1, 0.15) is 5.82 Å². The molecule has 0 saturated heterocycles. The largest absolute Gasteiger partial charge is 0.312 e. The first kappa shape index (κ1) is 14.2. The maximum absolute atomic E-state index is 13.5. The molecular formula is C16H20FNS. The van der Waals surface area contributed by atoms with Crippen LogP contribution in [0.1, 0.15) is 30.3 Å². The van der Waals surface area contributed by atoms with Gasteiger partial charge in [0.15, 0.2) is 0 Å². The van der Waals surface area contributed by atoms with Crippen LogP contribution in [0.25, 0.3) is 10.4 Å². The van der Waals surface area contributed by atoms with Crippen molar-refractivity contribution in [2.75, 3.05) is 7.05 Å². The van der Waals surface area contributed by atoms with Gasteiger partial charge in [-0.25, -0.2) is 4.39 Å². The third-order valence-electron chi connectivity index (χ3n) is 3.24. The zero-order valence-corrected chi connectivity index (χ0v) is 12.6. The summed E-state index contributed by atoms with van der Waals surface area (Å²) < 4.78 is 13.5. The van der Waals surface area contributed by atoms with Gasteiger partial charge in [-0.15, -0.1) is 11.3 Å². The molecule has 1 aromatic carbocycles. The summed E-state index contributed by atoms with van der Waals surface area (Å²) in [5.41, 5.74) is 1.92. The van der Waals surface area contributed by atoms with Crippen LogP contribution in [0.2, 0.25) is 0 Å². The molecule has 1 N–H and O–H groups in total. The van der Waals surface area contributed by atoms with Gasteiger partial charge in [0.25, 0.3) is 0 Å². The van der Waals surface area contributed by atoms with Gasteiger partial charge in [-0.1, -0.05) is 19.9 Å². The van der Waals surface area contributed by atoms with Crippen LogP contribution in [0.3, 0.4) is 0 Å². The molecule has 102 valence electrons. The predicted molar refractivity (Wildman–Crippen MR) is 81.1 cm³/mol. The van der Waals surface area contributed by atoms with Gasteiger partial charge in [-0.3, -0.25) is 0 Å². The van der Waals surface area contributed by atoms with Crippen molar-refractivity contribution in [1.29, 1.82) is 0 Å². The van der Waals surface area contributed by atoms with Gasteiger partial charge in [0.2, 0.25) is 0 Å². The van der Waals surface area contributed by atoms with Crippen LogP contribution < -0.4 is 5.32 Å². The zero-order chi connectivity index (χ0) is 14.0. The second-order valence-corrected chi connectivity index (χ2v) is 6.34. The normalized spacial score (nSPS) is 12.9. The first-order chi connectivity index (χ1) is 9.01. The lowest BCUT2D eigenvalue weighted by Gasteiger charge is -2.18. The van der Waals surface area contributed by atoms with E-state index in [-0.39, 0.29) is 5.82 Å². The van der Waals surface area contributed by atoms with Crippen LogP contribution in [0.15, 0.2) is 30.3 Å². The van der Waals surface area contributed by atoms with Gasteiger partial charge >= 0.3 is 0 Å². The highest BCUT2D eigenvalue weighted by Gasteiger charge is 2.16. The molecule has 0 spiro atoms. The summed E-state index contributed by atoms with van der Waals surface area (Å²) in [7, 11) is 1.98. The minimum absolute atomic E-state index is 0.168. The molecule has 2 rings (SSSR count). The van der Waals surface area contributed by atoms with Gasteiger partial charge < -0.3 is 5.32 Å². The summed E-state index contributed by atoms with van der Waals surface area (Å²) in [5, 5.41) is 3.34. The maximum atomic E-state index is 13.5. The van der Waals surface area contributed by atoms with Gasteiger partial charge in [0, 0.05) is 15.8 Å². The highest BCUT2D eigenvalue weighted by atomic mass is 32.1. The smallest absolute Gasteiger partial charge is 0.124 e. The first-order valence-electron chi connectivity index (χ1n) is 6.56. The molecule has 1 unspecified atom stereocenters. The van der Waals surface area contributed by atoms with E-state index in [4.69, 9.17) is 0 Å². The van der Waals surface area contributed by atoms with E-state index in [1.165, 1.54) is 4.88 Å². The molecule has 1 nitrogen and oxygen atoms in total. The molecule has 0 aliphatic heterocycles. The second kappa shape index (κ2) is 5.85. The second-order valence-electron chi connectivity index (χ2n) is 5.23. The van der Waals surface area contributed by atoms with Crippen molar-refractivity contribution >= 4 is 11.3 Å². The van der Waals surface area contributed by atoms with E-state index in [9.17, 15) is 4.39 Å². The van der Waals surface area contributed by atoms with Crippen LogP contribution in [0, 0.1) is 18.7 Å². The van der Waals surface area contributed by atoms with Crippen molar-refractivity contribution in [3.05, 3.63) is 46.6 Å². The standard InChI is InChI=1S/C16H20FNS/c1-10(2)16(18-4)15-6-5-14(19-15)12-7-11(3)8-13(17)9-12/h5-10,16,18H,1-4H3. The fraction of sp³-hybridized carbons (Fsp3) is 0.375. The van der Waals surface area contributed by atoms with Crippen LogP contribution in [-0.2, 0) is 0 Å². The molecule has 0 aliphatic carbocycles. The van der Waals surface area contributed by atoms with Crippen LogP contribution in [-0.4, -0.2) is 7.05 Å². The van der Waals surface area contributed by atoms with Crippen LogP contribution in [0.5, 0.6) is 0 Å². The molecule has 0 radical (unpaired) electrons. The highest BCUT2D eigenvalue weighted by Crippen LogP contribution is 2.34. The zero-order valence-electron chi connectivity index (χ0n) is 11.8. The molecule has 0 aliphatic rings. The quantitative estimate of drug-likeness (QED) is 0.848. The predicted octanol–water partition coefficient (Wildman–Crippen LogP) is 4.78. The van der Waals surface area contributed by atoms with E-state index in [0.717, 1.165) is 16.0 Å². The van der Waals surface area contributed by atoms with E-state index in [0.29, 0.717) is 12.0 Å². The van der Waals surface area contributed by atoms with E-state index in [2.05, 4.69) is 31.3 Å². The minimum Gasteiger partial charge on any atom is -0.312 e. The summed E-state index contributed by atoms with van der Waals surface area (Å²) >= 11 is 1.74. The van der Waals surface area contributed by atoms with Crippen molar-refractivity contribution in [3.63, 3.8) is 0 Å². The molecule has 19 heavy (non-hydrogen) atoms. The summed E-state index contributed by atoms with van der Waals surface area (Å²) in [6, 6.07) is 9.77. The minimum atomic E-state index is -0.168. The Hall–Kier alpha value is -1.19. The van der Waals surface area contributed by atoms with E-state index < -0.39 is 0 Å². The third-order valence-corrected chi connectivity index (χ3v) is 4.46. The third kappa shape index (κ3) is 3.23. The maximum Gasteiger partial charge on any atom is 0.124 e. The Morgan fingerprint density at radius 1 is 1.16 bits per heavy atom. The fourth-order valence-corrected chi connectivity index (χ4v) is 3.64. The Morgan fingerprint density at radius 3 is 2.47 bits per heavy atom. The summed E-state index contributed by atoms with van der Waals surface area (Å²) in [4.78, 5) is 2.42. The van der Waals surface area contributed by atoms with Crippen LogP contribution >= 0.6 is 11.3 Å². The number of halogens is 1. The number of hydrogen-bond donors (Lipinski definition) is 1. The average molecular weight is 277 g/mol. The Balaban J connectivity index is 2.35. The molecule has 1 aromatic heterocycles. The Kier molecular flexibility index (Phi) is 4.38. The van der Waals surface area contributed by atoms with Gasteiger partial charge in [-0.05, 0) is 55.3 Å². The molecule has 1 heterocycles. The summed E-state index contributed by atoms with van der Waals surface area (Å²) in [5.74, 6) is 0.365. The summed E-state index contributed by atoms with van der Waals surface area (Å²) in [6.45, 7) is 6.32.